The highest BCUT2D eigenvalue weighted by Crippen LogP contribution is 2.22. The average Bonchev–Trinajstić information content (AvgIpc) is 3.06. The number of thiophene rings is 1. The van der Waals surface area contributed by atoms with Crippen LogP contribution in [0.15, 0.2) is 28.0 Å². The number of aryl methyl sites for hydroxylation is 2. The third-order valence-electron chi connectivity index (χ3n) is 3.19. The Balaban J connectivity index is 2.29. The molecule has 0 spiro atoms. The van der Waals surface area contributed by atoms with E-state index in [-0.39, 0.29) is 11.4 Å². The second-order valence-corrected chi connectivity index (χ2v) is 7.18. The SMILES string of the molecule is CCn1cc(S(=O)(=O)NC(CC(=O)O)c2ccsc2)nc1C. The minimum Gasteiger partial charge on any atom is -0.481 e. The fraction of sp³-hybridized carbons (Fsp3) is 0.385. The molecule has 2 N–H and O–H groups in total. The van der Waals surface area contributed by atoms with Crippen LogP contribution in [-0.4, -0.2) is 29.0 Å². The van der Waals surface area contributed by atoms with Crippen LogP contribution < -0.4 is 4.72 Å². The fourth-order valence-corrected chi connectivity index (χ4v) is 4.00. The summed E-state index contributed by atoms with van der Waals surface area (Å²) < 4.78 is 29.0. The molecule has 0 aliphatic carbocycles. The number of sulfonamides is 1. The molecule has 9 heteroatoms. The first-order valence-electron chi connectivity index (χ1n) is 6.63. The number of aliphatic carboxylic acids is 1. The molecule has 0 aliphatic heterocycles. The summed E-state index contributed by atoms with van der Waals surface area (Å²) in [7, 11) is -3.88. The van der Waals surface area contributed by atoms with Crippen molar-refractivity contribution in [1.82, 2.24) is 14.3 Å². The molecule has 0 fully saturated rings. The summed E-state index contributed by atoms with van der Waals surface area (Å²) in [5.74, 6) is -0.484. The number of carbonyl (C=O) groups is 1. The van der Waals surface area contributed by atoms with Crippen molar-refractivity contribution >= 4 is 27.3 Å². The molecule has 0 bridgehead atoms. The molecule has 0 aromatic carbocycles. The predicted octanol–water partition coefficient (Wildman–Crippen LogP) is 1.77. The summed E-state index contributed by atoms with van der Waals surface area (Å²) in [6.45, 7) is 4.21. The van der Waals surface area contributed by atoms with Crippen molar-refractivity contribution in [1.29, 1.82) is 0 Å². The molecule has 120 valence electrons. The van der Waals surface area contributed by atoms with E-state index < -0.39 is 22.0 Å². The van der Waals surface area contributed by atoms with Crippen LogP contribution in [0.4, 0.5) is 0 Å². The summed E-state index contributed by atoms with van der Waals surface area (Å²) in [4.78, 5) is 15.0. The van der Waals surface area contributed by atoms with Gasteiger partial charge in [-0.15, -0.1) is 0 Å². The molecule has 0 saturated carbocycles. The molecular weight excluding hydrogens is 326 g/mol. The van der Waals surface area contributed by atoms with Gasteiger partial charge in [-0.1, -0.05) is 0 Å². The first-order valence-corrected chi connectivity index (χ1v) is 9.06. The maximum atomic E-state index is 12.4. The zero-order chi connectivity index (χ0) is 16.3. The van der Waals surface area contributed by atoms with Crippen molar-refractivity contribution in [3.8, 4) is 0 Å². The Kier molecular flexibility index (Phi) is 4.99. The standard InChI is InChI=1S/C13H17N3O4S2/c1-3-16-7-12(14-9(16)2)22(19,20)15-11(6-13(17)18)10-4-5-21-8-10/h4-5,7-8,11,15H,3,6H2,1-2H3,(H,17,18). The van der Waals surface area contributed by atoms with Gasteiger partial charge in [-0.3, -0.25) is 4.79 Å². The van der Waals surface area contributed by atoms with Gasteiger partial charge in [0.1, 0.15) is 5.82 Å². The highest BCUT2D eigenvalue weighted by Gasteiger charge is 2.26. The maximum absolute atomic E-state index is 12.4. The molecule has 2 aromatic heterocycles. The van der Waals surface area contributed by atoms with Gasteiger partial charge in [0.15, 0.2) is 5.03 Å². The molecule has 0 amide bonds. The van der Waals surface area contributed by atoms with E-state index >= 15 is 0 Å². The number of hydrogen-bond donors (Lipinski definition) is 2. The molecule has 1 unspecified atom stereocenters. The molecule has 2 heterocycles. The van der Waals surface area contributed by atoms with E-state index in [2.05, 4.69) is 9.71 Å². The van der Waals surface area contributed by atoms with Gasteiger partial charge < -0.3 is 9.67 Å². The van der Waals surface area contributed by atoms with Gasteiger partial charge in [-0.2, -0.15) is 11.3 Å². The van der Waals surface area contributed by atoms with Crippen LogP contribution >= 0.6 is 11.3 Å². The van der Waals surface area contributed by atoms with Crippen LogP contribution in [-0.2, 0) is 21.4 Å². The maximum Gasteiger partial charge on any atom is 0.305 e. The van der Waals surface area contributed by atoms with E-state index in [1.54, 1.807) is 28.3 Å². The number of hydrogen-bond acceptors (Lipinski definition) is 5. The van der Waals surface area contributed by atoms with E-state index in [1.165, 1.54) is 17.5 Å². The summed E-state index contributed by atoms with van der Waals surface area (Å²) in [6.07, 6.45) is 1.12. The fourth-order valence-electron chi connectivity index (χ4n) is 2.05. The topological polar surface area (TPSA) is 101 Å². The van der Waals surface area contributed by atoms with Gasteiger partial charge in [0.05, 0.1) is 12.5 Å². The molecule has 7 nitrogen and oxygen atoms in total. The lowest BCUT2D eigenvalue weighted by molar-refractivity contribution is -0.137. The Morgan fingerprint density at radius 2 is 2.27 bits per heavy atom. The number of aromatic nitrogens is 2. The van der Waals surface area contributed by atoms with E-state index in [0.717, 1.165) is 0 Å². The van der Waals surface area contributed by atoms with Crippen molar-refractivity contribution in [2.24, 2.45) is 0 Å². The minimum atomic E-state index is -3.88. The number of carboxylic acids is 1. The first-order chi connectivity index (χ1) is 10.3. The van der Waals surface area contributed by atoms with Crippen molar-refractivity contribution in [2.45, 2.75) is 37.9 Å². The first kappa shape index (κ1) is 16.7. The van der Waals surface area contributed by atoms with Crippen molar-refractivity contribution in [3.63, 3.8) is 0 Å². The van der Waals surface area contributed by atoms with E-state index in [9.17, 15) is 13.2 Å². The van der Waals surface area contributed by atoms with Crippen LogP contribution in [0.25, 0.3) is 0 Å². The molecule has 0 saturated heterocycles. The second-order valence-electron chi connectivity index (χ2n) is 4.74. The zero-order valence-electron chi connectivity index (χ0n) is 12.2. The van der Waals surface area contributed by atoms with E-state index in [4.69, 9.17) is 5.11 Å². The largest absolute Gasteiger partial charge is 0.481 e. The van der Waals surface area contributed by atoms with Crippen LogP contribution in [0.3, 0.4) is 0 Å². The number of nitrogens with one attached hydrogen (secondary N) is 1. The highest BCUT2D eigenvalue weighted by atomic mass is 32.2. The zero-order valence-corrected chi connectivity index (χ0v) is 13.8. The van der Waals surface area contributed by atoms with E-state index in [0.29, 0.717) is 17.9 Å². The molecule has 0 aliphatic rings. The Morgan fingerprint density at radius 1 is 1.55 bits per heavy atom. The van der Waals surface area contributed by atoms with Crippen LogP contribution in [0.5, 0.6) is 0 Å². The van der Waals surface area contributed by atoms with Crippen LogP contribution in [0, 0.1) is 6.92 Å². The summed E-state index contributed by atoms with van der Waals surface area (Å²) in [6, 6.07) is 0.886. The normalized spacial score (nSPS) is 13.2. The van der Waals surface area contributed by atoms with Gasteiger partial charge in [0, 0.05) is 12.7 Å². The Labute approximate surface area is 132 Å². The predicted molar refractivity (Wildman–Crippen MR) is 82.3 cm³/mol. The number of imidazole rings is 1. The molecule has 2 aromatic rings. The minimum absolute atomic E-state index is 0.0996. The van der Waals surface area contributed by atoms with Crippen molar-refractivity contribution < 1.29 is 18.3 Å². The van der Waals surface area contributed by atoms with Gasteiger partial charge in [-0.05, 0) is 36.2 Å². The lowest BCUT2D eigenvalue weighted by Gasteiger charge is -2.15. The summed E-state index contributed by atoms with van der Waals surface area (Å²) in [5, 5.41) is 12.4. The quantitative estimate of drug-likeness (QED) is 0.798. The smallest absolute Gasteiger partial charge is 0.305 e. The number of carboxylic acid groups (broad SMARTS) is 1. The van der Waals surface area contributed by atoms with Gasteiger partial charge >= 0.3 is 5.97 Å². The third kappa shape index (κ3) is 3.73. The van der Waals surface area contributed by atoms with Crippen LogP contribution in [0.1, 0.15) is 30.8 Å². The van der Waals surface area contributed by atoms with Gasteiger partial charge in [0.2, 0.25) is 0 Å². The average molecular weight is 343 g/mol. The monoisotopic (exact) mass is 343 g/mol. The molecule has 22 heavy (non-hydrogen) atoms. The molecule has 1 atom stereocenters. The lowest BCUT2D eigenvalue weighted by atomic mass is 10.1. The Morgan fingerprint density at radius 3 is 2.77 bits per heavy atom. The number of rotatable bonds is 7. The Hall–Kier alpha value is -1.71. The highest BCUT2D eigenvalue weighted by molar-refractivity contribution is 7.89. The van der Waals surface area contributed by atoms with Gasteiger partial charge in [0.25, 0.3) is 10.0 Å². The second kappa shape index (κ2) is 6.59. The molecule has 2 rings (SSSR count). The lowest BCUT2D eigenvalue weighted by Crippen LogP contribution is -2.30. The Bertz CT molecular complexity index is 750. The van der Waals surface area contributed by atoms with Crippen molar-refractivity contribution in [2.75, 3.05) is 0 Å². The number of nitrogens with zero attached hydrogens (tertiary/aromatic N) is 2. The third-order valence-corrected chi connectivity index (χ3v) is 5.24. The van der Waals surface area contributed by atoms with Gasteiger partial charge in [-0.25, -0.2) is 18.1 Å². The van der Waals surface area contributed by atoms with Crippen LogP contribution in [0.2, 0.25) is 0 Å². The van der Waals surface area contributed by atoms with E-state index in [1.807, 2.05) is 6.92 Å². The molecule has 0 radical (unpaired) electrons. The van der Waals surface area contributed by atoms with Crippen molar-refractivity contribution in [3.05, 3.63) is 34.4 Å². The molecular formula is C13H17N3O4S2. The summed E-state index contributed by atoms with van der Waals surface area (Å²) >= 11 is 1.38. The summed E-state index contributed by atoms with van der Waals surface area (Å²) in [5.41, 5.74) is 0.627.